The number of pyridine rings is 1. The summed E-state index contributed by atoms with van der Waals surface area (Å²) in [6.45, 7) is 1.82. The van der Waals surface area contributed by atoms with Crippen molar-refractivity contribution in [3.8, 4) is 0 Å². The van der Waals surface area contributed by atoms with Gasteiger partial charge >= 0.3 is 0 Å². The molecule has 4 nitrogen and oxygen atoms in total. The molecule has 1 N–H and O–H groups in total. The second-order valence-corrected chi connectivity index (χ2v) is 4.04. The smallest absolute Gasteiger partial charge is 0.296 e. The number of anilines is 1. The highest BCUT2D eigenvalue weighted by atomic mass is 19.1. The lowest BCUT2D eigenvalue weighted by Gasteiger charge is -2.04. The molecule has 0 saturated carbocycles. The maximum atomic E-state index is 12.9. The summed E-state index contributed by atoms with van der Waals surface area (Å²) in [6.07, 6.45) is 2.28. The van der Waals surface area contributed by atoms with E-state index in [0.717, 1.165) is 17.8 Å². The number of aryl methyl sites for hydroxylation is 1. The van der Waals surface area contributed by atoms with Crippen molar-refractivity contribution in [1.82, 2.24) is 4.98 Å². The van der Waals surface area contributed by atoms with Crippen molar-refractivity contribution in [2.24, 2.45) is 0 Å². The Bertz CT molecular complexity index is 641. The number of nitrogens with one attached hydrogen (secondary N) is 1. The first-order chi connectivity index (χ1) is 9.06. The molecule has 1 aromatic carbocycles. The van der Waals surface area contributed by atoms with Gasteiger partial charge in [0.15, 0.2) is 0 Å². The molecule has 0 aliphatic heterocycles. The van der Waals surface area contributed by atoms with Crippen molar-refractivity contribution in [1.29, 1.82) is 0 Å². The first-order valence-corrected chi connectivity index (χ1v) is 5.59. The van der Waals surface area contributed by atoms with Crippen LogP contribution < -0.4 is 5.32 Å². The SMILES string of the molecule is Cc1cccc(C(=O)C(=O)Nc2cncc(F)c2)c1. The molecule has 19 heavy (non-hydrogen) atoms. The lowest BCUT2D eigenvalue weighted by atomic mass is 10.1. The predicted octanol–water partition coefficient (Wildman–Crippen LogP) is 2.35. The second kappa shape index (κ2) is 5.39. The highest BCUT2D eigenvalue weighted by Gasteiger charge is 2.16. The molecule has 0 spiro atoms. The quantitative estimate of drug-likeness (QED) is 0.679. The van der Waals surface area contributed by atoms with Crippen LogP contribution in [0.1, 0.15) is 15.9 Å². The monoisotopic (exact) mass is 258 g/mol. The molecule has 0 unspecified atom stereocenters. The zero-order chi connectivity index (χ0) is 13.8. The molecule has 1 aromatic heterocycles. The summed E-state index contributed by atoms with van der Waals surface area (Å²) in [5.41, 5.74) is 1.32. The van der Waals surface area contributed by atoms with Gasteiger partial charge in [0, 0.05) is 11.6 Å². The Labute approximate surface area is 109 Å². The van der Waals surface area contributed by atoms with Crippen LogP contribution in [-0.2, 0) is 4.79 Å². The van der Waals surface area contributed by atoms with E-state index in [9.17, 15) is 14.0 Å². The summed E-state index contributed by atoms with van der Waals surface area (Å²) in [5, 5.41) is 2.31. The van der Waals surface area contributed by atoms with Crippen LogP contribution in [0, 0.1) is 12.7 Å². The molecular weight excluding hydrogens is 247 g/mol. The van der Waals surface area contributed by atoms with E-state index in [1.54, 1.807) is 18.2 Å². The zero-order valence-corrected chi connectivity index (χ0v) is 10.2. The first kappa shape index (κ1) is 12.9. The average Bonchev–Trinajstić information content (AvgIpc) is 2.38. The maximum absolute atomic E-state index is 12.9. The molecule has 2 aromatic rings. The van der Waals surface area contributed by atoms with Gasteiger partial charge in [-0.1, -0.05) is 23.8 Å². The standard InChI is InChI=1S/C14H11FN2O2/c1-9-3-2-4-10(5-9)13(18)14(19)17-12-6-11(15)7-16-8-12/h2-8H,1H3,(H,17,19). The third-order valence-corrected chi connectivity index (χ3v) is 2.45. The molecule has 0 radical (unpaired) electrons. The van der Waals surface area contributed by atoms with Crippen LogP contribution in [-0.4, -0.2) is 16.7 Å². The number of nitrogens with zero attached hydrogens (tertiary/aromatic N) is 1. The van der Waals surface area contributed by atoms with Crippen LogP contribution in [0.25, 0.3) is 0 Å². The zero-order valence-electron chi connectivity index (χ0n) is 10.2. The van der Waals surface area contributed by atoms with Crippen LogP contribution in [0.15, 0.2) is 42.7 Å². The Kier molecular flexibility index (Phi) is 3.66. The van der Waals surface area contributed by atoms with E-state index in [1.807, 2.05) is 13.0 Å². The summed E-state index contributed by atoms with van der Waals surface area (Å²) in [6, 6.07) is 7.78. The Morgan fingerprint density at radius 1 is 1.21 bits per heavy atom. The van der Waals surface area contributed by atoms with E-state index in [1.165, 1.54) is 6.20 Å². The third-order valence-electron chi connectivity index (χ3n) is 2.45. The number of ketones is 1. The minimum Gasteiger partial charge on any atom is -0.318 e. The molecule has 1 heterocycles. The number of hydrogen-bond donors (Lipinski definition) is 1. The molecule has 1 amide bonds. The molecule has 0 saturated heterocycles. The second-order valence-electron chi connectivity index (χ2n) is 4.04. The summed E-state index contributed by atoms with van der Waals surface area (Å²) in [4.78, 5) is 27.2. The van der Waals surface area contributed by atoms with Gasteiger partial charge in [-0.05, 0) is 13.0 Å². The van der Waals surface area contributed by atoms with Crippen molar-refractivity contribution in [2.75, 3.05) is 5.32 Å². The van der Waals surface area contributed by atoms with Gasteiger partial charge in [-0.3, -0.25) is 14.6 Å². The van der Waals surface area contributed by atoms with Gasteiger partial charge in [0.1, 0.15) is 5.82 Å². The van der Waals surface area contributed by atoms with Gasteiger partial charge in [0.2, 0.25) is 0 Å². The third kappa shape index (κ3) is 3.22. The van der Waals surface area contributed by atoms with E-state index < -0.39 is 17.5 Å². The summed E-state index contributed by atoms with van der Waals surface area (Å²) >= 11 is 0. The highest BCUT2D eigenvalue weighted by Crippen LogP contribution is 2.09. The number of hydrogen-bond acceptors (Lipinski definition) is 3. The summed E-state index contributed by atoms with van der Waals surface area (Å²) < 4.78 is 12.9. The Balaban J connectivity index is 2.14. The number of amides is 1. The molecule has 0 fully saturated rings. The summed E-state index contributed by atoms with van der Waals surface area (Å²) in [5.74, 6) is -2.08. The first-order valence-electron chi connectivity index (χ1n) is 5.59. The van der Waals surface area contributed by atoms with Crippen LogP contribution in [0.4, 0.5) is 10.1 Å². The lowest BCUT2D eigenvalue weighted by Crippen LogP contribution is -2.23. The number of Topliss-reactive ketones (excluding diaryl/α,β-unsaturated/α-hetero) is 1. The molecule has 0 aliphatic carbocycles. The van der Waals surface area contributed by atoms with E-state index in [2.05, 4.69) is 10.3 Å². The molecule has 5 heteroatoms. The van der Waals surface area contributed by atoms with Crippen molar-refractivity contribution in [2.45, 2.75) is 6.92 Å². The van der Waals surface area contributed by atoms with E-state index >= 15 is 0 Å². The molecule has 0 atom stereocenters. The number of aromatic nitrogens is 1. The van der Waals surface area contributed by atoms with E-state index in [4.69, 9.17) is 0 Å². The van der Waals surface area contributed by atoms with Crippen LogP contribution in [0.2, 0.25) is 0 Å². The van der Waals surface area contributed by atoms with E-state index in [0.29, 0.717) is 5.56 Å². The number of halogens is 1. The fourth-order valence-corrected chi connectivity index (χ4v) is 1.59. The largest absolute Gasteiger partial charge is 0.318 e. The lowest BCUT2D eigenvalue weighted by molar-refractivity contribution is -0.112. The van der Waals surface area contributed by atoms with Crippen molar-refractivity contribution < 1.29 is 14.0 Å². The van der Waals surface area contributed by atoms with Gasteiger partial charge in [-0.25, -0.2) is 4.39 Å². The predicted molar refractivity (Wildman–Crippen MR) is 68.3 cm³/mol. The van der Waals surface area contributed by atoms with Gasteiger partial charge in [0.05, 0.1) is 18.1 Å². The van der Waals surface area contributed by atoms with Gasteiger partial charge < -0.3 is 5.32 Å². The molecular formula is C14H11FN2O2. The minimum atomic E-state index is -0.821. The molecule has 2 rings (SSSR count). The van der Waals surface area contributed by atoms with Crippen LogP contribution in [0.3, 0.4) is 0 Å². The average molecular weight is 258 g/mol. The minimum absolute atomic E-state index is 0.144. The van der Waals surface area contributed by atoms with Crippen LogP contribution in [0.5, 0.6) is 0 Å². The van der Waals surface area contributed by atoms with E-state index in [-0.39, 0.29) is 5.69 Å². The molecule has 96 valence electrons. The molecule has 0 aliphatic rings. The van der Waals surface area contributed by atoms with Crippen molar-refractivity contribution >= 4 is 17.4 Å². The normalized spacial score (nSPS) is 10.0. The fraction of sp³-hybridized carbons (Fsp3) is 0.0714. The van der Waals surface area contributed by atoms with Crippen LogP contribution >= 0.6 is 0 Å². The van der Waals surface area contributed by atoms with Gasteiger partial charge in [-0.2, -0.15) is 0 Å². The fourth-order valence-electron chi connectivity index (χ4n) is 1.59. The Morgan fingerprint density at radius 3 is 2.68 bits per heavy atom. The Morgan fingerprint density at radius 2 is 2.00 bits per heavy atom. The molecule has 0 bridgehead atoms. The number of carbonyl (C=O) groups is 2. The highest BCUT2D eigenvalue weighted by molar-refractivity contribution is 6.46. The van der Waals surface area contributed by atoms with Crippen molar-refractivity contribution in [3.05, 3.63) is 59.7 Å². The topological polar surface area (TPSA) is 59.1 Å². The number of rotatable bonds is 3. The summed E-state index contributed by atoms with van der Waals surface area (Å²) in [7, 11) is 0. The van der Waals surface area contributed by atoms with Gasteiger partial charge in [-0.15, -0.1) is 0 Å². The van der Waals surface area contributed by atoms with Crippen molar-refractivity contribution in [3.63, 3.8) is 0 Å². The number of benzene rings is 1. The Hall–Kier alpha value is -2.56. The van der Waals surface area contributed by atoms with Gasteiger partial charge in [0.25, 0.3) is 11.7 Å². The number of carbonyl (C=O) groups excluding carboxylic acids is 2. The maximum Gasteiger partial charge on any atom is 0.296 e.